The number of hydrogen-bond donors (Lipinski definition) is 4. The summed E-state index contributed by atoms with van der Waals surface area (Å²) in [6.07, 6.45) is 3.85. The molecule has 4 bridgehead atoms. The summed E-state index contributed by atoms with van der Waals surface area (Å²) in [5, 5.41) is 23.7. The summed E-state index contributed by atoms with van der Waals surface area (Å²) < 4.78 is 17.0. The number of hydrogen-bond acceptors (Lipinski definition) is 8. The molecule has 1 fully saturated rings. The van der Waals surface area contributed by atoms with Crippen LogP contribution in [0, 0.1) is 5.82 Å². The predicted molar refractivity (Wildman–Crippen MR) is 153 cm³/mol. The SMILES string of the molecule is NC(=O)CCC(=O)[N+]12CCC(CC1)c1nn(CC(=O)NCC(=O)NCC(=O)O)c3nccc(c13)-c1cc3c(cnn32)cc1F. The summed E-state index contributed by atoms with van der Waals surface area (Å²) in [5.74, 6) is -3.93. The third kappa shape index (κ3) is 5.02. The maximum absolute atomic E-state index is 15.7. The molecule has 5 N–H and O–H groups in total. The van der Waals surface area contributed by atoms with E-state index in [1.165, 1.54) is 23.1 Å². The lowest BCUT2D eigenvalue weighted by molar-refractivity contribution is -0.141. The van der Waals surface area contributed by atoms with Crippen molar-refractivity contribution in [3.05, 3.63) is 42.1 Å². The summed E-state index contributed by atoms with van der Waals surface area (Å²) in [4.78, 5) is 66.7. The van der Waals surface area contributed by atoms with E-state index in [2.05, 4.69) is 20.7 Å². The second kappa shape index (κ2) is 11.1. The van der Waals surface area contributed by atoms with Gasteiger partial charge in [-0.05, 0) is 23.8 Å². The van der Waals surface area contributed by atoms with Crippen LogP contribution in [-0.2, 0) is 30.5 Å². The first kappa shape index (κ1) is 28.9. The lowest BCUT2D eigenvalue weighted by Crippen LogP contribution is -2.65. The Morgan fingerprint density at radius 3 is 2.52 bits per heavy atom. The van der Waals surface area contributed by atoms with Crippen molar-refractivity contribution in [2.75, 3.05) is 26.2 Å². The number of fused-ring (bicyclic) bond motifs is 2. The number of quaternary nitrogens is 1. The van der Waals surface area contributed by atoms with Gasteiger partial charge in [-0.1, -0.05) is 4.79 Å². The van der Waals surface area contributed by atoms with E-state index in [4.69, 9.17) is 15.9 Å². The first-order valence-corrected chi connectivity index (χ1v) is 14.1. The summed E-state index contributed by atoms with van der Waals surface area (Å²) in [6, 6.07) is 4.70. The molecule has 4 aromatic rings. The first-order chi connectivity index (χ1) is 21.1. The number of nitrogens with two attached hydrogens (primary N) is 1. The number of primary amides is 1. The Morgan fingerprint density at radius 2 is 1.80 bits per heavy atom. The average Bonchev–Trinajstić information content (AvgIpc) is 3.58. The number of nitrogens with one attached hydrogen (secondary N) is 2. The van der Waals surface area contributed by atoms with E-state index >= 15 is 4.39 Å². The van der Waals surface area contributed by atoms with Crippen molar-refractivity contribution in [1.82, 2.24) is 39.9 Å². The third-order valence-electron chi connectivity index (χ3n) is 8.26. The van der Waals surface area contributed by atoms with Crippen LogP contribution < -0.4 is 21.0 Å². The normalized spacial score (nSPS) is 18.7. The minimum absolute atomic E-state index is 0.0676. The van der Waals surface area contributed by atoms with E-state index < -0.39 is 42.6 Å². The molecule has 228 valence electrons. The zero-order valence-electron chi connectivity index (χ0n) is 23.5. The molecule has 15 nitrogen and oxygen atoms in total. The maximum atomic E-state index is 15.7. The van der Waals surface area contributed by atoms with Crippen LogP contribution >= 0.6 is 0 Å². The summed E-state index contributed by atoms with van der Waals surface area (Å²) in [5.41, 5.74) is 7.62. The molecule has 3 aliphatic rings. The molecule has 1 saturated heterocycles. The fourth-order valence-corrected chi connectivity index (χ4v) is 6.15. The third-order valence-corrected chi connectivity index (χ3v) is 8.26. The van der Waals surface area contributed by atoms with Crippen molar-refractivity contribution in [2.45, 2.75) is 38.1 Å². The van der Waals surface area contributed by atoms with Crippen LogP contribution in [0.3, 0.4) is 0 Å². The number of carbonyl (C=O) groups excluding carboxylic acids is 4. The molecule has 7 rings (SSSR count). The van der Waals surface area contributed by atoms with Gasteiger partial charge in [-0.25, -0.2) is 18.9 Å². The van der Waals surface area contributed by atoms with Gasteiger partial charge >= 0.3 is 11.9 Å². The van der Waals surface area contributed by atoms with Crippen molar-refractivity contribution >= 4 is 51.5 Å². The molecule has 4 amide bonds. The van der Waals surface area contributed by atoms with Crippen molar-refractivity contribution in [2.24, 2.45) is 5.73 Å². The molecule has 3 aromatic heterocycles. The number of aromatic nitrogens is 5. The van der Waals surface area contributed by atoms with Crippen molar-refractivity contribution in [3.63, 3.8) is 0 Å². The van der Waals surface area contributed by atoms with Gasteiger partial charge in [0, 0.05) is 42.3 Å². The number of carbonyl (C=O) groups is 5. The van der Waals surface area contributed by atoms with Gasteiger partial charge in [0.25, 0.3) is 0 Å². The predicted octanol–water partition coefficient (Wildman–Crippen LogP) is 0.0261. The molecular formula is C28H29FN9O6+. The Balaban J connectivity index is 1.42. The maximum Gasteiger partial charge on any atom is 0.340 e. The minimum Gasteiger partial charge on any atom is -0.480 e. The number of carboxylic acids is 1. The summed E-state index contributed by atoms with van der Waals surface area (Å²) >= 11 is 0. The van der Waals surface area contributed by atoms with Crippen molar-refractivity contribution < 1.29 is 33.5 Å². The molecular weight excluding hydrogens is 577 g/mol. The number of rotatable bonds is 9. The standard InChI is InChI=1S/C28H28FN9O6/c29-19-9-16-11-34-37-20(16)10-18(19)17-3-6-31-28-26(17)27(15-4-7-38(37,8-5-15)24(42)2-1-21(30)39)35-36(28)14-23(41)32-12-22(40)33-13-25(43)44/h3,6,9-11,15H,1-2,4-5,7-8,12-14H2,(H4-,30,32,33,39,40,41,43,44)/p+1. The number of pyridine rings is 1. The lowest BCUT2D eigenvalue weighted by atomic mass is 9.89. The van der Waals surface area contributed by atoms with E-state index in [0.29, 0.717) is 59.1 Å². The molecule has 0 spiro atoms. The smallest absolute Gasteiger partial charge is 0.340 e. The van der Waals surface area contributed by atoms with Crippen LogP contribution in [0.15, 0.2) is 30.6 Å². The highest BCUT2D eigenvalue weighted by Gasteiger charge is 2.46. The second-order valence-electron chi connectivity index (χ2n) is 11.0. The number of amides is 4. The van der Waals surface area contributed by atoms with Crippen LogP contribution in [0.25, 0.3) is 33.1 Å². The number of aliphatic carboxylic acids is 1. The molecule has 0 radical (unpaired) electrons. The highest BCUT2D eigenvalue weighted by atomic mass is 19.1. The van der Waals surface area contributed by atoms with Crippen LogP contribution in [0.2, 0.25) is 0 Å². The summed E-state index contributed by atoms with van der Waals surface area (Å²) in [7, 11) is 0. The molecule has 44 heavy (non-hydrogen) atoms. The van der Waals surface area contributed by atoms with Crippen molar-refractivity contribution in [1.29, 1.82) is 0 Å². The van der Waals surface area contributed by atoms with Crippen LogP contribution in [0.5, 0.6) is 0 Å². The molecule has 0 saturated carbocycles. The van der Waals surface area contributed by atoms with Gasteiger partial charge in [0.1, 0.15) is 37.5 Å². The highest BCUT2D eigenvalue weighted by Crippen LogP contribution is 2.41. The Kier molecular flexibility index (Phi) is 7.28. The van der Waals surface area contributed by atoms with Gasteiger partial charge in [0.05, 0.1) is 30.2 Å². The number of halogens is 1. The van der Waals surface area contributed by atoms with E-state index in [0.717, 1.165) is 0 Å². The Hall–Kier alpha value is -5.25. The highest BCUT2D eigenvalue weighted by molar-refractivity contribution is 5.99. The monoisotopic (exact) mass is 606 g/mol. The second-order valence-corrected chi connectivity index (χ2v) is 11.0. The van der Waals surface area contributed by atoms with Crippen molar-refractivity contribution in [3.8, 4) is 11.1 Å². The Bertz CT molecular complexity index is 1860. The lowest BCUT2D eigenvalue weighted by Gasteiger charge is -2.39. The van der Waals surface area contributed by atoms with Gasteiger partial charge < -0.3 is 21.5 Å². The van der Waals surface area contributed by atoms with E-state index in [9.17, 15) is 24.0 Å². The fourth-order valence-electron chi connectivity index (χ4n) is 6.15. The van der Waals surface area contributed by atoms with Gasteiger partial charge in [0.2, 0.25) is 17.7 Å². The van der Waals surface area contributed by atoms with Gasteiger partial charge in [-0.15, -0.1) is 9.69 Å². The first-order valence-electron chi connectivity index (χ1n) is 14.1. The zero-order valence-corrected chi connectivity index (χ0v) is 23.5. The van der Waals surface area contributed by atoms with E-state index in [1.54, 1.807) is 16.9 Å². The quantitative estimate of drug-likeness (QED) is 0.189. The fraction of sp³-hybridized carbons (Fsp3) is 0.357. The Labute approximate surface area is 248 Å². The van der Waals surface area contributed by atoms with Crippen LogP contribution in [0.1, 0.15) is 37.3 Å². The number of piperidine rings is 1. The largest absolute Gasteiger partial charge is 0.480 e. The minimum atomic E-state index is -1.21. The van der Waals surface area contributed by atoms with E-state index in [1.807, 2.05) is 0 Å². The number of nitrogens with zero attached hydrogens (tertiary/aromatic N) is 6. The van der Waals surface area contributed by atoms with Gasteiger partial charge in [-0.2, -0.15) is 5.10 Å². The molecule has 0 atom stereocenters. The van der Waals surface area contributed by atoms with E-state index in [-0.39, 0.29) is 41.4 Å². The molecule has 3 aliphatic heterocycles. The molecule has 1 aromatic carbocycles. The molecule has 6 heterocycles. The van der Waals surface area contributed by atoms with Gasteiger partial charge in [-0.3, -0.25) is 19.2 Å². The average molecular weight is 607 g/mol. The van der Waals surface area contributed by atoms with Gasteiger partial charge in [0.15, 0.2) is 5.65 Å². The Morgan fingerprint density at radius 1 is 1.05 bits per heavy atom. The van der Waals surface area contributed by atoms with Crippen LogP contribution in [0.4, 0.5) is 4.39 Å². The molecule has 16 heteroatoms. The molecule has 0 unspecified atom stereocenters. The zero-order chi connectivity index (χ0) is 31.2. The number of carboxylic acid groups (broad SMARTS) is 1. The molecule has 0 aliphatic carbocycles. The number of benzene rings is 1. The topological polar surface area (TPSA) is 204 Å². The summed E-state index contributed by atoms with van der Waals surface area (Å²) in [6.45, 7) is -0.632. The van der Waals surface area contributed by atoms with Crippen LogP contribution in [-0.4, -0.2) is 85.5 Å².